The predicted octanol–water partition coefficient (Wildman–Crippen LogP) is 5.56. The van der Waals surface area contributed by atoms with Gasteiger partial charge < -0.3 is 15.6 Å². The average Bonchev–Trinajstić information content (AvgIpc) is 2.65. The number of nitrogens with two attached hydrogens (primary N) is 1. The van der Waals surface area contributed by atoms with Crippen LogP contribution >= 0.6 is 67.8 Å². The zero-order chi connectivity index (χ0) is 21.3. The van der Waals surface area contributed by atoms with Gasteiger partial charge in [-0.1, -0.05) is 109 Å². The molecule has 10 atom stereocenters. The number of alkyl halides is 3. The van der Waals surface area contributed by atoms with Crippen molar-refractivity contribution >= 4 is 73.7 Å². The van der Waals surface area contributed by atoms with Gasteiger partial charge in [0.05, 0.1) is 12.2 Å². The van der Waals surface area contributed by atoms with Crippen LogP contribution in [0.5, 0.6) is 0 Å². The molecule has 0 aromatic heterocycles. The van der Waals surface area contributed by atoms with E-state index in [2.05, 4.69) is 102 Å². The van der Waals surface area contributed by atoms with Crippen molar-refractivity contribution in [2.45, 2.75) is 83.9 Å². The summed E-state index contributed by atoms with van der Waals surface area (Å²) in [7, 11) is 0. The molecular formula is C21H36I3NO3. The Labute approximate surface area is 211 Å². The summed E-state index contributed by atoms with van der Waals surface area (Å²) >= 11 is 7.77. The van der Waals surface area contributed by atoms with E-state index in [-0.39, 0.29) is 6.10 Å². The van der Waals surface area contributed by atoms with Crippen molar-refractivity contribution < 1.29 is 14.6 Å². The zero-order valence-electron chi connectivity index (χ0n) is 17.5. The molecule has 0 amide bonds. The highest BCUT2D eigenvalue weighted by Crippen LogP contribution is 2.48. The topological polar surface area (TPSA) is 72.5 Å². The second kappa shape index (κ2) is 10.9. The quantitative estimate of drug-likeness (QED) is 0.278. The molecule has 7 heteroatoms. The fourth-order valence-corrected chi connectivity index (χ4v) is 9.71. The van der Waals surface area contributed by atoms with Crippen molar-refractivity contribution in [3.8, 4) is 0 Å². The number of carbonyl (C=O) groups is 1. The van der Waals surface area contributed by atoms with Crippen molar-refractivity contribution in [1.82, 2.24) is 0 Å². The molecule has 2 rings (SSSR count). The fourth-order valence-electron chi connectivity index (χ4n) is 5.40. The van der Waals surface area contributed by atoms with Crippen molar-refractivity contribution in [1.29, 1.82) is 0 Å². The van der Waals surface area contributed by atoms with Gasteiger partial charge in [0.2, 0.25) is 0 Å². The lowest BCUT2D eigenvalue weighted by molar-refractivity contribution is -0.139. The number of ether oxygens (including phenoxy) is 1. The average molecular weight is 731 g/mol. The highest BCUT2D eigenvalue weighted by Gasteiger charge is 2.49. The molecule has 2 aliphatic rings. The molecule has 0 heterocycles. The van der Waals surface area contributed by atoms with Gasteiger partial charge in [0.25, 0.3) is 0 Å². The van der Waals surface area contributed by atoms with E-state index in [0.29, 0.717) is 53.9 Å². The third-order valence-corrected chi connectivity index (χ3v) is 13.2. The minimum Gasteiger partial charge on any atom is -0.480 e. The van der Waals surface area contributed by atoms with Gasteiger partial charge in [0.1, 0.15) is 6.04 Å². The van der Waals surface area contributed by atoms with Gasteiger partial charge in [-0.2, -0.15) is 0 Å². The van der Waals surface area contributed by atoms with E-state index in [0.717, 1.165) is 5.92 Å². The summed E-state index contributed by atoms with van der Waals surface area (Å²) in [5, 5.41) is 9.26. The van der Waals surface area contributed by atoms with Crippen LogP contribution in [-0.4, -0.2) is 41.1 Å². The Morgan fingerprint density at radius 1 is 1.04 bits per heavy atom. The second-order valence-corrected chi connectivity index (χ2v) is 13.5. The minimum absolute atomic E-state index is 0.208. The molecule has 0 radical (unpaired) electrons. The first kappa shape index (κ1) is 25.8. The highest BCUT2D eigenvalue weighted by atomic mass is 127. The standard InChI is InChI=1S/C21H36I3NO3/c1-6-13-7-9(2)19(12(5)16(13)22)28-20-17(23)10(3)14(11(4)18(20)24)8-15(25)21(26)27/h9-20H,6-8,25H2,1-5H3,(H,26,27). The van der Waals surface area contributed by atoms with Crippen LogP contribution in [0.15, 0.2) is 0 Å². The number of halogens is 3. The number of hydrogen-bond donors (Lipinski definition) is 2. The van der Waals surface area contributed by atoms with Gasteiger partial charge >= 0.3 is 5.97 Å². The van der Waals surface area contributed by atoms with Crippen molar-refractivity contribution in [3.05, 3.63) is 0 Å². The van der Waals surface area contributed by atoms with Crippen LogP contribution in [0.4, 0.5) is 0 Å². The number of aliphatic carboxylic acids is 1. The molecule has 0 bridgehead atoms. The van der Waals surface area contributed by atoms with Crippen LogP contribution in [-0.2, 0) is 9.53 Å². The minimum atomic E-state index is -0.892. The summed E-state index contributed by atoms with van der Waals surface area (Å²) in [6.45, 7) is 11.6. The second-order valence-electron chi connectivity index (χ2n) is 9.20. The summed E-state index contributed by atoms with van der Waals surface area (Å²) in [6, 6.07) is -0.774. The number of hydrogen-bond acceptors (Lipinski definition) is 3. The van der Waals surface area contributed by atoms with E-state index in [9.17, 15) is 9.90 Å². The molecule has 0 saturated heterocycles. The van der Waals surface area contributed by atoms with E-state index in [1.807, 2.05) is 0 Å². The number of carboxylic acids is 1. The summed E-state index contributed by atoms with van der Waals surface area (Å²) < 4.78 is 8.33. The fraction of sp³-hybridized carbons (Fsp3) is 0.952. The van der Waals surface area contributed by atoms with Gasteiger partial charge in [-0.05, 0) is 48.3 Å². The van der Waals surface area contributed by atoms with Crippen LogP contribution in [0.3, 0.4) is 0 Å². The van der Waals surface area contributed by atoms with Gasteiger partial charge in [-0.15, -0.1) is 0 Å². The van der Waals surface area contributed by atoms with Crippen molar-refractivity contribution in [2.75, 3.05) is 0 Å². The Balaban J connectivity index is 2.13. The molecule has 0 spiro atoms. The highest BCUT2D eigenvalue weighted by molar-refractivity contribution is 14.1. The van der Waals surface area contributed by atoms with Crippen molar-refractivity contribution in [2.24, 2.45) is 41.2 Å². The van der Waals surface area contributed by atoms with E-state index in [1.54, 1.807) is 0 Å². The first-order valence-corrected chi connectivity index (χ1v) is 14.3. The first-order chi connectivity index (χ1) is 13.0. The SMILES string of the molecule is CCC1CC(C)C(OC2C(I)C(C)C(CC(N)C(=O)O)C(C)C2I)C(C)C1I. The van der Waals surface area contributed by atoms with Crippen LogP contribution in [0, 0.1) is 35.5 Å². The van der Waals surface area contributed by atoms with Crippen LogP contribution in [0.25, 0.3) is 0 Å². The smallest absolute Gasteiger partial charge is 0.320 e. The third-order valence-electron chi connectivity index (χ3n) is 7.37. The molecule has 0 aromatic carbocycles. The molecule has 2 saturated carbocycles. The molecule has 28 heavy (non-hydrogen) atoms. The van der Waals surface area contributed by atoms with Crippen LogP contribution < -0.4 is 5.73 Å². The number of carboxylic acid groups (broad SMARTS) is 1. The first-order valence-electron chi connectivity index (χ1n) is 10.6. The lowest BCUT2D eigenvalue weighted by Crippen LogP contribution is -2.55. The normalized spacial score (nSPS) is 48.2. The van der Waals surface area contributed by atoms with E-state index >= 15 is 0 Å². The zero-order valence-corrected chi connectivity index (χ0v) is 24.0. The molecule has 164 valence electrons. The molecule has 0 aliphatic heterocycles. The molecule has 2 aliphatic carbocycles. The molecule has 10 unspecified atom stereocenters. The Morgan fingerprint density at radius 3 is 2.04 bits per heavy atom. The Kier molecular flexibility index (Phi) is 10.1. The molecule has 4 nitrogen and oxygen atoms in total. The maximum absolute atomic E-state index is 11.3. The largest absolute Gasteiger partial charge is 0.480 e. The van der Waals surface area contributed by atoms with Crippen LogP contribution in [0.2, 0.25) is 0 Å². The summed E-state index contributed by atoms with van der Waals surface area (Å²) in [6.07, 6.45) is 3.57. The Morgan fingerprint density at radius 2 is 1.57 bits per heavy atom. The van der Waals surface area contributed by atoms with E-state index in [1.165, 1.54) is 12.8 Å². The molecular weight excluding hydrogens is 695 g/mol. The van der Waals surface area contributed by atoms with E-state index in [4.69, 9.17) is 10.5 Å². The van der Waals surface area contributed by atoms with Gasteiger partial charge in [-0.3, -0.25) is 4.79 Å². The molecule has 0 aromatic rings. The predicted molar refractivity (Wildman–Crippen MR) is 141 cm³/mol. The van der Waals surface area contributed by atoms with Crippen LogP contribution in [0.1, 0.15) is 53.9 Å². The lowest BCUT2D eigenvalue weighted by atomic mass is 9.69. The van der Waals surface area contributed by atoms with Gasteiger partial charge in [-0.25, -0.2) is 0 Å². The van der Waals surface area contributed by atoms with Gasteiger partial charge in [0, 0.05) is 11.8 Å². The maximum Gasteiger partial charge on any atom is 0.320 e. The van der Waals surface area contributed by atoms with Crippen molar-refractivity contribution in [3.63, 3.8) is 0 Å². The summed E-state index contributed by atoms with van der Waals surface area (Å²) in [5.41, 5.74) is 5.89. The maximum atomic E-state index is 11.3. The lowest BCUT2D eigenvalue weighted by Gasteiger charge is -2.50. The summed E-state index contributed by atoms with van der Waals surface area (Å²) in [5.74, 6) is 2.15. The number of rotatable bonds is 6. The summed E-state index contributed by atoms with van der Waals surface area (Å²) in [4.78, 5) is 11.3. The third kappa shape index (κ3) is 5.49. The van der Waals surface area contributed by atoms with Gasteiger partial charge in [0.15, 0.2) is 0 Å². The molecule has 3 N–H and O–H groups in total. The Hall–Kier alpha value is 1.58. The Bertz CT molecular complexity index is 521. The van der Waals surface area contributed by atoms with E-state index < -0.39 is 12.0 Å². The monoisotopic (exact) mass is 731 g/mol. The molecule has 2 fully saturated rings.